The van der Waals surface area contributed by atoms with Gasteiger partial charge in [0.1, 0.15) is 5.75 Å². The van der Waals surface area contributed by atoms with Gasteiger partial charge in [-0.1, -0.05) is 0 Å². The maximum Gasteiger partial charge on any atom is 0.573 e. The van der Waals surface area contributed by atoms with Crippen LogP contribution in [0, 0.1) is 5.53 Å². The standard InChI is InChI=1S/C9H8F3N3O3/c10-9(11,12)18-6-3-1-5(2-4-6)14-7(16)8(17)15-13/h1-4,8,13,17H,(H,14,16). The Hall–Kier alpha value is -2.16. The van der Waals surface area contributed by atoms with Crippen LogP contribution in [-0.2, 0) is 4.79 Å². The van der Waals surface area contributed by atoms with Crippen molar-refractivity contribution in [3.8, 4) is 5.75 Å². The maximum absolute atomic E-state index is 11.8. The van der Waals surface area contributed by atoms with E-state index in [2.05, 4.69) is 15.2 Å². The zero-order chi connectivity index (χ0) is 13.8. The van der Waals surface area contributed by atoms with Gasteiger partial charge in [-0.25, -0.2) is 5.53 Å². The van der Waals surface area contributed by atoms with E-state index >= 15 is 0 Å². The predicted octanol–water partition coefficient (Wildman–Crippen LogP) is 1.87. The Bertz CT molecular complexity index is 433. The Kier molecular flexibility index (Phi) is 4.21. The lowest BCUT2D eigenvalue weighted by molar-refractivity contribution is -0.274. The number of benzene rings is 1. The van der Waals surface area contributed by atoms with E-state index in [1.165, 1.54) is 0 Å². The average Bonchev–Trinajstić information content (AvgIpc) is 2.28. The molecule has 1 amide bonds. The van der Waals surface area contributed by atoms with E-state index < -0.39 is 24.2 Å². The molecule has 1 aromatic rings. The SMILES string of the molecule is N=NC(O)C(=O)Nc1ccc(OC(F)(F)F)cc1. The Labute approximate surface area is 98.9 Å². The molecule has 1 unspecified atom stereocenters. The molecule has 0 aliphatic heterocycles. The number of carbonyl (C=O) groups excluding carboxylic acids is 1. The van der Waals surface area contributed by atoms with Crippen LogP contribution in [0.5, 0.6) is 5.75 Å². The topological polar surface area (TPSA) is 94.8 Å². The molecule has 0 spiro atoms. The minimum Gasteiger partial charge on any atom is -0.406 e. The van der Waals surface area contributed by atoms with Gasteiger partial charge in [0.2, 0.25) is 6.23 Å². The third kappa shape index (κ3) is 4.37. The van der Waals surface area contributed by atoms with Gasteiger partial charge in [-0.05, 0) is 24.3 Å². The van der Waals surface area contributed by atoms with Crippen LogP contribution in [0.1, 0.15) is 0 Å². The number of aliphatic hydroxyl groups is 1. The number of halogens is 3. The smallest absolute Gasteiger partial charge is 0.406 e. The number of carbonyl (C=O) groups is 1. The first-order valence-corrected chi connectivity index (χ1v) is 4.53. The number of nitrogens with zero attached hydrogens (tertiary/aromatic N) is 1. The maximum atomic E-state index is 11.8. The molecule has 0 aromatic heterocycles. The van der Waals surface area contributed by atoms with E-state index in [1.54, 1.807) is 0 Å². The molecule has 6 nitrogen and oxygen atoms in total. The summed E-state index contributed by atoms with van der Waals surface area (Å²) in [5.74, 6) is -1.40. The molecule has 18 heavy (non-hydrogen) atoms. The van der Waals surface area contributed by atoms with Crippen molar-refractivity contribution in [3.63, 3.8) is 0 Å². The highest BCUT2D eigenvalue weighted by Gasteiger charge is 2.30. The van der Waals surface area contributed by atoms with Crippen molar-refractivity contribution in [3.05, 3.63) is 24.3 Å². The lowest BCUT2D eigenvalue weighted by Crippen LogP contribution is -2.25. The van der Waals surface area contributed by atoms with Crippen LogP contribution < -0.4 is 10.1 Å². The minimum absolute atomic E-state index is 0.136. The van der Waals surface area contributed by atoms with Crippen molar-refractivity contribution in [1.82, 2.24) is 0 Å². The number of alkyl halides is 3. The highest BCUT2D eigenvalue weighted by molar-refractivity contribution is 5.93. The zero-order valence-electron chi connectivity index (χ0n) is 8.73. The molecule has 0 heterocycles. The molecule has 0 bridgehead atoms. The van der Waals surface area contributed by atoms with Gasteiger partial charge in [0, 0.05) is 5.69 Å². The summed E-state index contributed by atoms with van der Waals surface area (Å²) in [5.41, 5.74) is 6.54. The summed E-state index contributed by atoms with van der Waals surface area (Å²) in [6.45, 7) is 0. The molecule has 1 atom stereocenters. The second kappa shape index (κ2) is 5.45. The summed E-state index contributed by atoms with van der Waals surface area (Å²) in [5, 5.41) is 13.6. The van der Waals surface area contributed by atoms with Gasteiger partial charge >= 0.3 is 6.36 Å². The van der Waals surface area contributed by atoms with Gasteiger partial charge in [0.25, 0.3) is 5.91 Å². The molecule has 0 saturated carbocycles. The van der Waals surface area contributed by atoms with Crippen molar-refractivity contribution in [1.29, 1.82) is 5.53 Å². The van der Waals surface area contributed by atoms with Crippen molar-refractivity contribution in [2.24, 2.45) is 5.11 Å². The lowest BCUT2D eigenvalue weighted by Gasteiger charge is -2.10. The van der Waals surface area contributed by atoms with Gasteiger partial charge in [-0.2, -0.15) is 5.11 Å². The average molecular weight is 263 g/mol. The fourth-order valence-corrected chi connectivity index (χ4v) is 1.01. The molecule has 0 fully saturated rings. The van der Waals surface area contributed by atoms with E-state index in [0.717, 1.165) is 24.3 Å². The van der Waals surface area contributed by atoms with Crippen molar-refractivity contribution >= 4 is 11.6 Å². The zero-order valence-corrected chi connectivity index (χ0v) is 8.73. The fourth-order valence-electron chi connectivity index (χ4n) is 1.01. The molecule has 3 N–H and O–H groups in total. The second-order valence-corrected chi connectivity index (χ2v) is 3.06. The highest BCUT2D eigenvalue weighted by Crippen LogP contribution is 2.23. The molecular formula is C9H8F3N3O3. The van der Waals surface area contributed by atoms with Crippen molar-refractivity contribution < 1.29 is 27.8 Å². The molecule has 0 aliphatic carbocycles. The molecule has 0 radical (unpaired) electrons. The van der Waals surface area contributed by atoms with Crippen LogP contribution in [0.2, 0.25) is 0 Å². The Morgan fingerprint density at radius 2 is 1.94 bits per heavy atom. The first-order chi connectivity index (χ1) is 8.31. The summed E-state index contributed by atoms with van der Waals surface area (Å²) in [7, 11) is 0. The van der Waals surface area contributed by atoms with Gasteiger partial charge in [0.15, 0.2) is 0 Å². The van der Waals surface area contributed by atoms with E-state index in [1.807, 2.05) is 0 Å². The van der Waals surface area contributed by atoms with Crippen molar-refractivity contribution in [2.75, 3.05) is 5.32 Å². The van der Waals surface area contributed by atoms with Crippen LogP contribution >= 0.6 is 0 Å². The fraction of sp³-hybridized carbons (Fsp3) is 0.222. The molecular weight excluding hydrogens is 255 g/mol. The molecule has 9 heteroatoms. The minimum atomic E-state index is -4.79. The Morgan fingerprint density at radius 1 is 1.39 bits per heavy atom. The van der Waals surface area contributed by atoms with E-state index in [4.69, 9.17) is 10.6 Å². The number of amides is 1. The molecule has 0 aliphatic rings. The second-order valence-electron chi connectivity index (χ2n) is 3.06. The van der Waals surface area contributed by atoms with Crippen LogP contribution in [0.4, 0.5) is 18.9 Å². The number of nitrogens with one attached hydrogen (secondary N) is 2. The van der Waals surface area contributed by atoms with Crippen LogP contribution in [0.3, 0.4) is 0 Å². The number of ether oxygens (including phenoxy) is 1. The normalized spacial score (nSPS) is 12.7. The van der Waals surface area contributed by atoms with Crippen LogP contribution in [0.15, 0.2) is 29.4 Å². The molecule has 98 valence electrons. The third-order valence-electron chi connectivity index (χ3n) is 1.71. The van der Waals surface area contributed by atoms with Crippen LogP contribution in [-0.4, -0.2) is 23.6 Å². The van der Waals surface area contributed by atoms with E-state index in [-0.39, 0.29) is 5.69 Å². The quantitative estimate of drug-likeness (QED) is 0.723. The van der Waals surface area contributed by atoms with Crippen LogP contribution in [0.25, 0.3) is 0 Å². The first-order valence-electron chi connectivity index (χ1n) is 4.53. The largest absolute Gasteiger partial charge is 0.573 e. The van der Waals surface area contributed by atoms with Crippen molar-refractivity contribution in [2.45, 2.75) is 12.6 Å². The van der Waals surface area contributed by atoms with Gasteiger partial charge in [0.05, 0.1) is 0 Å². The highest BCUT2D eigenvalue weighted by atomic mass is 19.4. The first kappa shape index (κ1) is 13.9. The lowest BCUT2D eigenvalue weighted by atomic mass is 10.3. The summed E-state index contributed by atoms with van der Waals surface area (Å²) in [6, 6.07) is 4.28. The number of aliphatic hydroxyl groups excluding tert-OH is 1. The predicted molar refractivity (Wildman–Crippen MR) is 52.9 cm³/mol. The monoisotopic (exact) mass is 263 g/mol. The number of rotatable bonds is 4. The third-order valence-corrected chi connectivity index (χ3v) is 1.71. The Morgan fingerprint density at radius 3 is 2.39 bits per heavy atom. The summed E-state index contributed by atoms with van der Waals surface area (Å²) in [6.07, 6.45) is -6.64. The van der Waals surface area contributed by atoms with Gasteiger partial charge < -0.3 is 15.2 Å². The summed E-state index contributed by atoms with van der Waals surface area (Å²) in [4.78, 5) is 11.1. The number of hydrogen-bond donors (Lipinski definition) is 3. The van der Waals surface area contributed by atoms with Gasteiger partial charge in [-0.3, -0.25) is 4.79 Å². The Balaban J connectivity index is 2.66. The van der Waals surface area contributed by atoms with E-state index in [9.17, 15) is 18.0 Å². The number of anilines is 1. The van der Waals surface area contributed by atoms with E-state index in [0.29, 0.717) is 0 Å². The van der Waals surface area contributed by atoms with Gasteiger partial charge in [-0.15, -0.1) is 13.2 Å². The molecule has 1 aromatic carbocycles. The summed E-state index contributed by atoms with van der Waals surface area (Å²) >= 11 is 0. The summed E-state index contributed by atoms with van der Waals surface area (Å²) < 4.78 is 39.2. The molecule has 1 rings (SSSR count). The number of hydrogen-bond acceptors (Lipinski definition) is 5. The molecule has 0 saturated heterocycles.